The molecule has 0 bridgehead atoms. The summed E-state index contributed by atoms with van der Waals surface area (Å²) in [5.74, 6) is -2.63. The number of carbonyl (C=O) groups excluding carboxylic acids is 2. The van der Waals surface area contributed by atoms with E-state index in [9.17, 15) is 29.2 Å². The SMILES string of the molecule is CNc1ccc(C(=O)c2c(O)n(C(C)=O)c3cc(F)ccc23)cc1[N+](=O)[O-]. The smallest absolute Gasteiger partial charge is 0.293 e. The van der Waals surface area contributed by atoms with Crippen LogP contribution >= 0.6 is 0 Å². The van der Waals surface area contributed by atoms with Crippen LogP contribution in [0.4, 0.5) is 15.8 Å². The average Bonchev–Trinajstić information content (AvgIpc) is 2.91. The number of ketones is 1. The Kier molecular flexibility index (Phi) is 4.36. The number of aromatic hydroxyl groups is 1. The maximum Gasteiger partial charge on any atom is 0.293 e. The summed E-state index contributed by atoms with van der Waals surface area (Å²) in [5.41, 5.74) is -0.350. The molecular weight excluding hydrogens is 357 g/mol. The largest absolute Gasteiger partial charge is 0.494 e. The van der Waals surface area contributed by atoms with E-state index in [4.69, 9.17) is 0 Å². The Hall–Kier alpha value is -3.75. The van der Waals surface area contributed by atoms with E-state index in [1.54, 1.807) is 0 Å². The lowest BCUT2D eigenvalue weighted by Gasteiger charge is -2.05. The van der Waals surface area contributed by atoms with E-state index >= 15 is 0 Å². The fourth-order valence-corrected chi connectivity index (χ4v) is 2.97. The topological polar surface area (TPSA) is 114 Å². The van der Waals surface area contributed by atoms with Crippen molar-refractivity contribution in [1.29, 1.82) is 0 Å². The summed E-state index contributed by atoms with van der Waals surface area (Å²) in [4.78, 5) is 35.4. The molecule has 0 aliphatic heterocycles. The van der Waals surface area contributed by atoms with Crippen molar-refractivity contribution in [3.05, 3.63) is 63.5 Å². The number of nitrogens with zero attached hydrogens (tertiary/aromatic N) is 2. The Morgan fingerprint density at radius 2 is 1.93 bits per heavy atom. The fraction of sp³-hybridized carbons (Fsp3) is 0.111. The predicted molar refractivity (Wildman–Crippen MR) is 95.9 cm³/mol. The second-order valence-corrected chi connectivity index (χ2v) is 5.78. The Morgan fingerprint density at radius 1 is 1.22 bits per heavy atom. The summed E-state index contributed by atoms with van der Waals surface area (Å²) in [6.45, 7) is 1.16. The number of halogens is 1. The van der Waals surface area contributed by atoms with Crippen molar-refractivity contribution in [1.82, 2.24) is 4.57 Å². The average molecular weight is 371 g/mol. The zero-order valence-corrected chi connectivity index (χ0v) is 14.3. The van der Waals surface area contributed by atoms with Crippen LogP contribution in [-0.4, -0.2) is 33.3 Å². The maximum atomic E-state index is 13.6. The molecule has 0 amide bonds. The summed E-state index contributed by atoms with van der Waals surface area (Å²) in [7, 11) is 1.50. The monoisotopic (exact) mass is 371 g/mol. The molecule has 2 aromatic carbocycles. The van der Waals surface area contributed by atoms with E-state index in [1.807, 2.05) is 0 Å². The van der Waals surface area contributed by atoms with Crippen LogP contribution in [0.2, 0.25) is 0 Å². The molecule has 0 saturated heterocycles. The molecule has 0 spiro atoms. The van der Waals surface area contributed by atoms with Gasteiger partial charge >= 0.3 is 0 Å². The minimum Gasteiger partial charge on any atom is -0.494 e. The number of anilines is 1. The van der Waals surface area contributed by atoms with Gasteiger partial charge in [-0.3, -0.25) is 19.7 Å². The molecule has 0 unspecified atom stereocenters. The molecule has 8 nitrogen and oxygen atoms in total. The first-order chi connectivity index (χ1) is 12.8. The van der Waals surface area contributed by atoms with Gasteiger partial charge in [-0.2, -0.15) is 0 Å². The van der Waals surface area contributed by atoms with Gasteiger partial charge in [0.15, 0.2) is 5.78 Å². The highest BCUT2D eigenvalue weighted by molar-refractivity contribution is 6.20. The summed E-state index contributed by atoms with van der Waals surface area (Å²) in [5, 5.41) is 24.5. The standard InChI is InChI=1S/C18H14FN3O5/c1-9(23)21-14-8-11(19)4-5-12(14)16(18(21)25)17(24)10-3-6-13(20-2)15(7-10)22(26)27/h3-8,20,25H,1-2H3. The van der Waals surface area contributed by atoms with E-state index in [0.29, 0.717) is 0 Å². The zero-order chi connectivity index (χ0) is 19.9. The Bertz CT molecular complexity index is 1120. The van der Waals surface area contributed by atoms with Gasteiger partial charge in [0, 0.05) is 31.0 Å². The number of rotatable bonds is 4. The first-order valence-corrected chi connectivity index (χ1v) is 7.81. The van der Waals surface area contributed by atoms with Crippen LogP contribution in [-0.2, 0) is 0 Å². The molecular formula is C18H14FN3O5. The Labute approximate surface area is 152 Å². The van der Waals surface area contributed by atoms with E-state index in [2.05, 4.69) is 5.32 Å². The lowest BCUT2D eigenvalue weighted by molar-refractivity contribution is -0.384. The van der Waals surface area contributed by atoms with Crippen LogP contribution in [0.15, 0.2) is 36.4 Å². The third-order valence-electron chi connectivity index (χ3n) is 4.17. The van der Waals surface area contributed by atoms with Gasteiger partial charge in [0.1, 0.15) is 11.5 Å². The lowest BCUT2D eigenvalue weighted by atomic mass is 10.0. The number of benzene rings is 2. The predicted octanol–water partition coefficient (Wildman–Crippen LogP) is 3.33. The van der Waals surface area contributed by atoms with E-state index < -0.39 is 28.3 Å². The van der Waals surface area contributed by atoms with Gasteiger partial charge in [-0.15, -0.1) is 0 Å². The quantitative estimate of drug-likeness (QED) is 0.413. The second-order valence-electron chi connectivity index (χ2n) is 5.78. The number of carbonyl (C=O) groups is 2. The van der Waals surface area contributed by atoms with Gasteiger partial charge in [-0.25, -0.2) is 8.96 Å². The van der Waals surface area contributed by atoms with Gasteiger partial charge in [0.2, 0.25) is 11.8 Å². The van der Waals surface area contributed by atoms with E-state index in [-0.39, 0.29) is 33.4 Å². The number of aromatic nitrogens is 1. The van der Waals surface area contributed by atoms with Crippen LogP contribution in [0.5, 0.6) is 5.88 Å². The van der Waals surface area contributed by atoms with Crippen LogP contribution < -0.4 is 5.32 Å². The third kappa shape index (κ3) is 2.88. The van der Waals surface area contributed by atoms with Gasteiger partial charge in [0.25, 0.3) is 5.69 Å². The number of nitro groups is 1. The molecule has 3 aromatic rings. The highest BCUT2D eigenvalue weighted by atomic mass is 19.1. The minimum atomic E-state index is -0.727. The van der Waals surface area contributed by atoms with Crippen molar-refractivity contribution >= 4 is 34.0 Å². The summed E-state index contributed by atoms with van der Waals surface area (Å²) < 4.78 is 14.4. The van der Waals surface area contributed by atoms with Crippen molar-refractivity contribution in [3.63, 3.8) is 0 Å². The summed E-state index contributed by atoms with van der Waals surface area (Å²) >= 11 is 0. The third-order valence-corrected chi connectivity index (χ3v) is 4.17. The number of nitro benzene ring substituents is 1. The molecule has 9 heteroatoms. The second kappa shape index (κ2) is 6.52. The highest BCUT2D eigenvalue weighted by Gasteiger charge is 2.27. The minimum absolute atomic E-state index is 0.0321. The van der Waals surface area contributed by atoms with Crippen LogP contribution in [0.3, 0.4) is 0 Å². The van der Waals surface area contributed by atoms with Gasteiger partial charge in [-0.1, -0.05) is 0 Å². The number of hydrogen-bond acceptors (Lipinski definition) is 6. The molecule has 0 aliphatic carbocycles. The summed E-state index contributed by atoms with van der Waals surface area (Å²) in [6, 6.07) is 7.20. The molecule has 138 valence electrons. The molecule has 3 rings (SSSR count). The normalized spacial score (nSPS) is 10.8. The van der Waals surface area contributed by atoms with Crippen molar-refractivity contribution in [2.75, 3.05) is 12.4 Å². The molecule has 27 heavy (non-hydrogen) atoms. The van der Waals surface area contributed by atoms with Gasteiger partial charge in [0.05, 0.1) is 16.0 Å². The molecule has 0 radical (unpaired) electrons. The van der Waals surface area contributed by atoms with Gasteiger partial charge < -0.3 is 10.4 Å². The molecule has 2 N–H and O–H groups in total. The van der Waals surface area contributed by atoms with Crippen molar-refractivity contribution in [2.45, 2.75) is 6.92 Å². The first-order valence-electron chi connectivity index (χ1n) is 7.81. The molecule has 0 saturated carbocycles. The van der Waals surface area contributed by atoms with E-state index in [0.717, 1.165) is 29.7 Å². The van der Waals surface area contributed by atoms with Gasteiger partial charge in [-0.05, 0) is 30.3 Å². The van der Waals surface area contributed by atoms with Crippen molar-refractivity contribution < 1.29 is 24.0 Å². The first kappa shape index (κ1) is 18.1. The number of hydrogen-bond donors (Lipinski definition) is 2. The van der Waals surface area contributed by atoms with Crippen LogP contribution in [0, 0.1) is 15.9 Å². The Morgan fingerprint density at radius 3 is 2.52 bits per heavy atom. The molecule has 0 fully saturated rings. The van der Waals surface area contributed by atoms with Crippen LogP contribution in [0.25, 0.3) is 10.9 Å². The maximum absolute atomic E-state index is 13.6. The lowest BCUT2D eigenvalue weighted by Crippen LogP contribution is -2.07. The highest BCUT2D eigenvalue weighted by Crippen LogP contribution is 2.35. The molecule has 0 atom stereocenters. The molecule has 0 aliphatic rings. The van der Waals surface area contributed by atoms with Crippen LogP contribution in [0.1, 0.15) is 27.6 Å². The van der Waals surface area contributed by atoms with Crippen molar-refractivity contribution in [3.8, 4) is 5.88 Å². The zero-order valence-electron chi connectivity index (χ0n) is 14.3. The Balaban J connectivity index is 2.26. The molecule has 1 heterocycles. The molecule has 1 aromatic heterocycles. The van der Waals surface area contributed by atoms with Crippen molar-refractivity contribution in [2.24, 2.45) is 0 Å². The van der Waals surface area contributed by atoms with E-state index in [1.165, 1.54) is 25.2 Å². The number of fused-ring (bicyclic) bond motifs is 1. The summed E-state index contributed by atoms with van der Waals surface area (Å²) in [6.07, 6.45) is 0. The fourth-order valence-electron chi connectivity index (χ4n) is 2.97. The number of nitrogens with one attached hydrogen (secondary N) is 1.